The van der Waals surface area contributed by atoms with Crippen LogP contribution in [0.25, 0.3) is 11.1 Å². The van der Waals surface area contributed by atoms with Gasteiger partial charge in [-0.3, -0.25) is 14.7 Å². The monoisotopic (exact) mass is 481 g/mol. The summed E-state index contributed by atoms with van der Waals surface area (Å²) in [6.45, 7) is 5.43. The minimum atomic E-state index is -0.799. The number of anilines is 1. The van der Waals surface area contributed by atoms with E-state index in [-0.39, 0.29) is 17.4 Å². The van der Waals surface area contributed by atoms with Crippen molar-refractivity contribution in [3.05, 3.63) is 40.9 Å². The minimum absolute atomic E-state index is 0.00392. The van der Waals surface area contributed by atoms with Crippen molar-refractivity contribution in [2.75, 3.05) is 5.32 Å². The SMILES string of the molecule is CCc1nonc1C(=O)N[C@H](C(=O)Nc1ccc(-c2c(C)n[nH]c2C)c(F)n1)C(C1CC1)C1CC1. The van der Waals surface area contributed by atoms with E-state index in [2.05, 4.69) is 36.1 Å². The van der Waals surface area contributed by atoms with Gasteiger partial charge < -0.3 is 10.6 Å². The van der Waals surface area contributed by atoms with Gasteiger partial charge in [0, 0.05) is 16.8 Å². The molecule has 11 heteroatoms. The minimum Gasteiger partial charge on any atom is -0.338 e. The zero-order chi connectivity index (χ0) is 24.7. The van der Waals surface area contributed by atoms with Crippen LogP contribution in [0.2, 0.25) is 0 Å². The van der Waals surface area contributed by atoms with E-state index in [9.17, 15) is 14.0 Å². The summed E-state index contributed by atoms with van der Waals surface area (Å²) in [6, 6.07) is 2.33. The first-order valence-electron chi connectivity index (χ1n) is 12.0. The van der Waals surface area contributed by atoms with Crippen molar-refractivity contribution in [2.24, 2.45) is 17.8 Å². The third-order valence-corrected chi connectivity index (χ3v) is 6.89. The Morgan fingerprint density at radius 2 is 1.89 bits per heavy atom. The highest BCUT2D eigenvalue weighted by molar-refractivity contribution is 6.00. The maximum atomic E-state index is 14.9. The van der Waals surface area contributed by atoms with Gasteiger partial charge in [0.25, 0.3) is 5.91 Å². The molecule has 2 aliphatic carbocycles. The first-order valence-corrected chi connectivity index (χ1v) is 12.0. The second kappa shape index (κ2) is 9.20. The molecule has 3 aromatic rings. The lowest BCUT2D eigenvalue weighted by molar-refractivity contribution is -0.119. The number of carbonyl (C=O) groups excluding carboxylic acids is 2. The molecule has 184 valence electrons. The number of amides is 2. The molecule has 35 heavy (non-hydrogen) atoms. The number of H-pyrrole nitrogens is 1. The van der Waals surface area contributed by atoms with Crippen molar-refractivity contribution in [1.29, 1.82) is 0 Å². The van der Waals surface area contributed by atoms with Crippen LogP contribution in [0, 0.1) is 37.5 Å². The number of halogens is 1. The molecule has 3 heterocycles. The summed E-state index contributed by atoms with van der Waals surface area (Å²) in [5, 5.41) is 20.0. The average Bonchev–Trinajstić information content (AvgIpc) is 3.76. The molecule has 0 radical (unpaired) electrons. The second-order valence-corrected chi connectivity index (χ2v) is 9.45. The van der Waals surface area contributed by atoms with Crippen molar-refractivity contribution in [3.63, 3.8) is 0 Å². The van der Waals surface area contributed by atoms with Gasteiger partial charge in [-0.25, -0.2) is 9.61 Å². The van der Waals surface area contributed by atoms with Crippen LogP contribution in [0.4, 0.5) is 10.2 Å². The molecule has 3 N–H and O–H groups in total. The van der Waals surface area contributed by atoms with Gasteiger partial charge in [0.2, 0.25) is 11.9 Å². The Morgan fingerprint density at radius 3 is 2.46 bits per heavy atom. The zero-order valence-corrected chi connectivity index (χ0v) is 19.9. The average molecular weight is 482 g/mol. The number of carbonyl (C=O) groups is 2. The number of nitrogens with one attached hydrogen (secondary N) is 3. The highest BCUT2D eigenvalue weighted by Crippen LogP contribution is 2.51. The highest BCUT2D eigenvalue weighted by atomic mass is 19.1. The summed E-state index contributed by atoms with van der Waals surface area (Å²) in [5.41, 5.74) is 2.85. The van der Waals surface area contributed by atoms with Crippen LogP contribution in [0.3, 0.4) is 0 Å². The predicted molar refractivity (Wildman–Crippen MR) is 124 cm³/mol. The number of hydrogen-bond donors (Lipinski definition) is 3. The maximum Gasteiger partial charge on any atom is 0.276 e. The van der Waals surface area contributed by atoms with Gasteiger partial charge in [-0.05, 0) is 81.0 Å². The third kappa shape index (κ3) is 4.67. The van der Waals surface area contributed by atoms with E-state index in [0.717, 1.165) is 31.4 Å². The summed E-state index contributed by atoms with van der Waals surface area (Å²) in [7, 11) is 0. The van der Waals surface area contributed by atoms with Gasteiger partial charge in [0.15, 0.2) is 5.69 Å². The number of hydrogen-bond acceptors (Lipinski definition) is 7. The molecule has 0 saturated heterocycles. The van der Waals surface area contributed by atoms with Crippen LogP contribution in [0.15, 0.2) is 16.8 Å². The molecular weight excluding hydrogens is 453 g/mol. The molecule has 0 aromatic carbocycles. The Labute approximate surface area is 201 Å². The lowest BCUT2D eigenvalue weighted by Crippen LogP contribution is -2.50. The molecule has 2 fully saturated rings. The fourth-order valence-corrected chi connectivity index (χ4v) is 4.89. The quantitative estimate of drug-likeness (QED) is 0.398. The van der Waals surface area contributed by atoms with Crippen LogP contribution in [-0.4, -0.2) is 43.4 Å². The topological polar surface area (TPSA) is 139 Å². The largest absolute Gasteiger partial charge is 0.338 e. The Bertz CT molecular complexity index is 1230. The lowest BCUT2D eigenvalue weighted by atomic mass is 9.88. The molecule has 0 unspecified atom stereocenters. The van der Waals surface area contributed by atoms with E-state index >= 15 is 0 Å². The number of aryl methyl sites for hydroxylation is 3. The van der Waals surface area contributed by atoms with Gasteiger partial charge in [-0.15, -0.1) is 0 Å². The lowest BCUT2D eigenvalue weighted by Gasteiger charge is -2.27. The van der Waals surface area contributed by atoms with Crippen LogP contribution in [-0.2, 0) is 11.2 Å². The van der Waals surface area contributed by atoms with E-state index < -0.39 is 23.8 Å². The number of nitrogens with zero attached hydrogens (tertiary/aromatic N) is 4. The molecular formula is C24H28FN7O3. The molecule has 1 atom stereocenters. The van der Waals surface area contributed by atoms with E-state index in [1.54, 1.807) is 19.1 Å². The molecule has 10 nitrogen and oxygen atoms in total. The summed E-state index contributed by atoms with van der Waals surface area (Å²) < 4.78 is 19.7. The maximum absolute atomic E-state index is 14.9. The van der Waals surface area contributed by atoms with Crippen LogP contribution in [0.5, 0.6) is 0 Å². The summed E-state index contributed by atoms with van der Waals surface area (Å²) in [4.78, 5) is 30.4. The van der Waals surface area contributed by atoms with Gasteiger partial charge in [-0.1, -0.05) is 12.1 Å². The smallest absolute Gasteiger partial charge is 0.276 e. The number of aromatic nitrogens is 5. The van der Waals surface area contributed by atoms with Crippen LogP contribution in [0.1, 0.15) is 60.2 Å². The molecule has 2 saturated carbocycles. The molecule has 0 bridgehead atoms. The van der Waals surface area contributed by atoms with Crippen LogP contribution < -0.4 is 10.6 Å². The van der Waals surface area contributed by atoms with Crippen molar-refractivity contribution < 1.29 is 18.6 Å². The molecule has 3 aromatic heterocycles. The Balaban J connectivity index is 1.38. The first-order chi connectivity index (χ1) is 16.9. The van der Waals surface area contributed by atoms with Gasteiger partial charge in [-0.2, -0.15) is 9.49 Å². The van der Waals surface area contributed by atoms with Crippen molar-refractivity contribution in [3.8, 4) is 11.1 Å². The summed E-state index contributed by atoms with van der Waals surface area (Å²) >= 11 is 0. The molecule has 0 spiro atoms. The van der Waals surface area contributed by atoms with E-state index in [1.807, 2.05) is 13.8 Å². The number of rotatable bonds is 9. The van der Waals surface area contributed by atoms with Crippen LogP contribution >= 0.6 is 0 Å². The second-order valence-electron chi connectivity index (χ2n) is 9.45. The zero-order valence-electron chi connectivity index (χ0n) is 19.9. The molecule has 2 amide bonds. The van der Waals surface area contributed by atoms with Gasteiger partial charge in [0.05, 0.1) is 5.69 Å². The van der Waals surface area contributed by atoms with Gasteiger partial charge >= 0.3 is 0 Å². The Hall–Kier alpha value is -3.63. The van der Waals surface area contributed by atoms with Crippen molar-refractivity contribution in [1.82, 2.24) is 30.8 Å². The third-order valence-electron chi connectivity index (χ3n) is 6.89. The predicted octanol–water partition coefficient (Wildman–Crippen LogP) is 3.35. The van der Waals surface area contributed by atoms with Crippen molar-refractivity contribution >= 4 is 17.6 Å². The Morgan fingerprint density at radius 1 is 1.17 bits per heavy atom. The fraction of sp³-hybridized carbons (Fsp3) is 0.500. The molecule has 2 aliphatic rings. The fourth-order valence-electron chi connectivity index (χ4n) is 4.89. The number of aromatic amines is 1. The molecule has 0 aliphatic heterocycles. The highest BCUT2D eigenvalue weighted by Gasteiger charge is 2.48. The summed E-state index contributed by atoms with van der Waals surface area (Å²) in [5.74, 6) is -0.807. The van der Waals surface area contributed by atoms with E-state index in [1.165, 1.54) is 0 Å². The Kier molecular flexibility index (Phi) is 6.08. The molecule has 5 rings (SSSR count). The number of pyridine rings is 1. The standard InChI is InChI=1S/C24H28FN7O3/c1-4-16-20(32-35-31-16)23(33)28-21(19(13-5-6-13)14-7-8-14)24(34)27-17-10-9-15(22(25)26-17)18-11(2)29-30-12(18)3/h9-10,13-14,19,21H,4-8H2,1-3H3,(H,28,33)(H,29,30)(H,26,27,34)/t21-/m0/s1. The van der Waals surface area contributed by atoms with Gasteiger partial charge in [0.1, 0.15) is 17.6 Å². The van der Waals surface area contributed by atoms with E-state index in [4.69, 9.17) is 4.63 Å². The van der Waals surface area contributed by atoms with E-state index in [0.29, 0.717) is 40.8 Å². The van der Waals surface area contributed by atoms with Crippen molar-refractivity contribution in [2.45, 2.75) is 58.9 Å². The summed E-state index contributed by atoms with van der Waals surface area (Å²) in [6.07, 6.45) is 4.58. The normalized spacial score (nSPS) is 16.4. The first kappa shape index (κ1) is 23.1.